The number of ether oxygens (including phenoxy) is 2. The van der Waals surface area contributed by atoms with E-state index in [4.69, 9.17) is 79.7 Å². The molecular formula is C24H46N2O20. The third-order valence-corrected chi connectivity index (χ3v) is 3.01. The first-order chi connectivity index (χ1) is 21.0. The first-order valence-electron chi connectivity index (χ1n) is 12.5. The van der Waals surface area contributed by atoms with E-state index in [-0.39, 0.29) is 52.7 Å². The summed E-state index contributed by atoms with van der Waals surface area (Å²) in [6, 6.07) is 0. The predicted molar refractivity (Wildman–Crippen MR) is 152 cm³/mol. The van der Waals surface area contributed by atoms with Crippen LogP contribution in [-0.2, 0) is 47.8 Å². The maximum absolute atomic E-state index is 10.6. The Balaban J connectivity index is -0.000000161. The number of nitrogens with zero attached hydrogens (tertiary/aromatic N) is 2. The van der Waals surface area contributed by atoms with Crippen molar-refractivity contribution in [3.63, 3.8) is 0 Å². The van der Waals surface area contributed by atoms with E-state index in [1.165, 1.54) is 9.80 Å². The molecule has 0 heterocycles. The zero-order valence-electron chi connectivity index (χ0n) is 25.9. The van der Waals surface area contributed by atoms with Crippen molar-refractivity contribution < 1.29 is 98.9 Å². The lowest BCUT2D eigenvalue weighted by atomic mass is 10.4. The van der Waals surface area contributed by atoms with Gasteiger partial charge >= 0.3 is 23.9 Å². The Kier molecular flexibility index (Phi) is 47.6. The molecule has 0 bridgehead atoms. The summed E-state index contributed by atoms with van der Waals surface area (Å²) in [5, 5.41) is 79.6. The molecule has 46 heavy (non-hydrogen) atoms. The van der Waals surface area contributed by atoms with Crippen LogP contribution in [0.1, 0.15) is 27.7 Å². The normalized spacial score (nSPS) is 9.04. The van der Waals surface area contributed by atoms with Gasteiger partial charge in [0.25, 0.3) is 23.9 Å². The van der Waals surface area contributed by atoms with Gasteiger partial charge in [-0.2, -0.15) is 0 Å². The van der Waals surface area contributed by atoms with Crippen molar-refractivity contribution in [2.24, 2.45) is 0 Å². The number of aliphatic hydroxyl groups is 2. The van der Waals surface area contributed by atoms with E-state index in [1.807, 2.05) is 0 Å². The molecule has 10 N–H and O–H groups in total. The monoisotopic (exact) mass is 682 g/mol. The number of aliphatic hydroxyl groups excluding tert-OH is 2. The van der Waals surface area contributed by atoms with Crippen LogP contribution in [0.15, 0.2) is 0 Å². The van der Waals surface area contributed by atoms with Gasteiger partial charge in [0.15, 0.2) is 0 Å². The molecule has 0 aromatic heterocycles. The van der Waals surface area contributed by atoms with Crippen LogP contribution < -0.4 is 0 Å². The topological polar surface area (TPSA) is 364 Å². The van der Waals surface area contributed by atoms with Crippen LogP contribution in [0.5, 0.6) is 0 Å². The number of hydrogen-bond acceptors (Lipinski definition) is 14. The van der Waals surface area contributed by atoms with E-state index >= 15 is 0 Å². The Morgan fingerprint density at radius 1 is 0.413 bits per heavy atom. The zero-order chi connectivity index (χ0) is 37.7. The third kappa shape index (κ3) is 106. The molecule has 0 aliphatic carbocycles. The summed E-state index contributed by atoms with van der Waals surface area (Å²) in [5.74, 6) is -7.88. The quantitative estimate of drug-likeness (QED) is 0.0657. The standard InChI is InChI=1S/C14H24N2O10.4C2H4O2.C2H6O2/c17-11(18)7-15(8-12(19)20)1-3-25-5-6-26-4-2-16(9-13(21)22)10-14(23)24;4*1-2(3)4;3-1-2-4/h1-10H2,(H,17,18)(H,19,20)(H,21,22)(H,23,24);4*1H3,(H,3,4);3-4H,1-2H2. The van der Waals surface area contributed by atoms with Gasteiger partial charge in [-0.05, 0) is 0 Å². The lowest BCUT2D eigenvalue weighted by Gasteiger charge is -2.18. The second-order valence-electron chi connectivity index (χ2n) is 7.74. The molecule has 0 unspecified atom stereocenters. The van der Waals surface area contributed by atoms with Crippen molar-refractivity contribution in [2.75, 3.05) is 78.9 Å². The average molecular weight is 683 g/mol. The second-order valence-corrected chi connectivity index (χ2v) is 7.74. The predicted octanol–water partition coefficient (Wildman–Crippen LogP) is -2.70. The minimum Gasteiger partial charge on any atom is -0.481 e. The van der Waals surface area contributed by atoms with E-state index in [2.05, 4.69) is 0 Å². The molecule has 0 aliphatic rings. The van der Waals surface area contributed by atoms with Crippen LogP contribution >= 0.6 is 0 Å². The minimum atomic E-state index is -1.14. The van der Waals surface area contributed by atoms with Gasteiger partial charge in [-0.25, -0.2) is 0 Å². The van der Waals surface area contributed by atoms with E-state index in [9.17, 15) is 19.2 Å². The van der Waals surface area contributed by atoms with Crippen molar-refractivity contribution in [3.8, 4) is 0 Å². The fraction of sp³-hybridized carbons (Fsp3) is 0.667. The Bertz CT molecular complexity index is 712. The van der Waals surface area contributed by atoms with Crippen molar-refractivity contribution in [1.82, 2.24) is 9.80 Å². The Morgan fingerprint density at radius 2 is 0.587 bits per heavy atom. The number of hydrogen-bond donors (Lipinski definition) is 10. The van der Waals surface area contributed by atoms with Gasteiger partial charge < -0.3 is 60.5 Å². The molecule has 0 atom stereocenters. The van der Waals surface area contributed by atoms with Crippen LogP contribution in [-0.4, -0.2) is 188 Å². The fourth-order valence-electron chi connectivity index (χ4n) is 1.90. The summed E-state index contributed by atoms with van der Waals surface area (Å²) in [6.07, 6.45) is 0. The lowest BCUT2D eigenvalue weighted by molar-refractivity contribution is -0.144. The molecule has 0 saturated heterocycles. The smallest absolute Gasteiger partial charge is 0.317 e. The van der Waals surface area contributed by atoms with E-state index in [0.29, 0.717) is 0 Å². The first-order valence-corrected chi connectivity index (χ1v) is 12.5. The van der Waals surface area contributed by atoms with Crippen molar-refractivity contribution in [2.45, 2.75) is 27.7 Å². The van der Waals surface area contributed by atoms with Crippen LogP contribution in [0.4, 0.5) is 0 Å². The van der Waals surface area contributed by atoms with Crippen LogP contribution in [0.2, 0.25) is 0 Å². The molecule has 0 aliphatic heterocycles. The molecule has 0 aromatic carbocycles. The lowest BCUT2D eigenvalue weighted by Crippen LogP contribution is -2.37. The van der Waals surface area contributed by atoms with Gasteiger partial charge in [-0.15, -0.1) is 0 Å². The van der Waals surface area contributed by atoms with Crippen LogP contribution in [0, 0.1) is 0 Å². The van der Waals surface area contributed by atoms with E-state index < -0.39 is 73.9 Å². The number of carboxylic acid groups (broad SMARTS) is 8. The maximum atomic E-state index is 10.6. The third-order valence-electron chi connectivity index (χ3n) is 3.01. The van der Waals surface area contributed by atoms with E-state index in [1.54, 1.807) is 0 Å². The van der Waals surface area contributed by atoms with Crippen molar-refractivity contribution in [3.05, 3.63) is 0 Å². The number of rotatable bonds is 18. The number of aliphatic carboxylic acids is 8. The largest absolute Gasteiger partial charge is 0.481 e. The number of carboxylic acids is 8. The van der Waals surface area contributed by atoms with Crippen molar-refractivity contribution in [1.29, 1.82) is 0 Å². The summed E-state index contributed by atoms with van der Waals surface area (Å²) in [6.45, 7) is 3.29. The highest BCUT2D eigenvalue weighted by atomic mass is 16.5. The molecule has 0 amide bonds. The van der Waals surface area contributed by atoms with Gasteiger partial charge in [0.2, 0.25) is 0 Å². The Morgan fingerprint density at radius 3 is 0.717 bits per heavy atom. The molecule has 272 valence electrons. The molecule has 0 aromatic rings. The maximum Gasteiger partial charge on any atom is 0.317 e. The highest BCUT2D eigenvalue weighted by Crippen LogP contribution is 1.92. The summed E-state index contributed by atoms with van der Waals surface area (Å²) < 4.78 is 10.4. The summed E-state index contributed by atoms with van der Waals surface area (Å²) in [4.78, 5) is 80.9. The van der Waals surface area contributed by atoms with Gasteiger partial charge in [-0.1, -0.05) is 0 Å². The molecule has 0 fully saturated rings. The highest BCUT2D eigenvalue weighted by Gasteiger charge is 2.14. The molecule has 22 heteroatoms. The summed E-state index contributed by atoms with van der Waals surface area (Å²) in [5.41, 5.74) is 0. The fourth-order valence-corrected chi connectivity index (χ4v) is 1.90. The van der Waals surface area contributed by atoms with Gasteiger partial charge in [0.05, 0.1) is 65.8 Å². The Labute approximate surface area is 263 Å². The van der Waals surface area contributed by atoms with Crippen LogP contribution in [0.25, 0.3) is 0 Å². The Hall–Kier alpha value is -4.48. The van der Waals surface area contributed by atoms with E-state index in [0.717, 1.165) is 27.7 Å². The highest BCUT2D eigenvalue weighted by molar-refractivity contribution is 5.73. The van der Waals surface area contributed by atoms with Gasteiger partial charge in [0.1, 0.15) is 0 Å². The SMILES string of the molecule is CC(=O)O.CC(=O)O.CC(=O)O.CC(=O)O.O=C(O)CN(CCOCCOCCN(CC(=O)O)CC(=O)O)CC(=O)O.OCCO. The molecule has 22 nitrogen and oxygen atoms in total. The molecule has 0 saturated carbocycles. The van der Waals surface area contributed by atoms with Crippen LogP contribution in [0.3, 0.4) is 0 Å². The van der Waals surface area contributed by atoms with Gasteiger partial charge in [0, 0.05) is 40.8 Å². The summed E-state index contributed by atoms with van der Waals surface area (Å²) in [7, 11) is 0. The molecule has 0 spiro atoms. The zero-order valence-corrected chi connectivity index (χ0v) is 25.9. The second kappa shape index (κ2) is 40.5. The summed E-state index contributed by atoms with van der Waals surface area (Å²) >= 11 is 0. The van der Waals surface area contributed by atoms with Gasteiger partial charge in [-0.3, -0.25) is 48.2 Å². The number of carbonyl (C=O) groups is 8. The molecular weight excluding hydrogens is 636 g/mol. The average Bonchev–Trinajstić information content (AvgIpc) is 2.82. The first kappa shape index (κ1) is 54.0. The minimum absolute atomic E-state index is 0.119. The van der Waals surface area contributed by atoms with Crippen molar-refractivity contribution >= 4 is 47.8 Å². The molecule has 0 rings (SSSR count). The molecule has 0 radical (unpaired) electrons.